The fourth-order valence-corrected chi connectivity index (χ4v) is 4.40. The molecule has 184 valence electrons. The Bertz CT molecular complexity index is 1290. The van der Waals surface area contributed by atoms with Crippen LogP contribution in [0.3, 0.4) is 0 Å². The van der Waals surface area contributed by atoms with Gasteiger partial charge in [0.05, 0.1) is 12.0 Å². The van der Waals surface area contributed by atoms with E-state index in [-0.39, 0.29) is 16.7 Å². The SMILES string of the molecule is COc1ccc(NS(=O)(=O)c2cccc(NC(=O)C(NC(=O)c3ccc(C)cc3)C(C)C)c2)cc1. The number of ether oxygens (including phenoxy) is 1. The maximum absolute atomic E-state index is 13.0. The smallest absolute Gasteiger partial charge is 0.261 e. The molecule has 35 heavy (non-hydrogen) atoms. The van der Waals surface area contributed by atoms with Crippen LogP contribution < -0.4 is 20.1 Å². The number of rotatable bonds is 9. The molecule has 0 aromatic heterocycles. The van der Waals surface area contributed by atoms with Gasteiger partial charge in [-0.1, -0.05) is 37.6 Å². The lowest BCUT2D eigenvalue weighted by molar-refractivity contribution is -0.118. The Morgan fingerprint density at radius 1 is 0.886 bits per heavy atom. The molecular weight excluding hydrogens is 466 g/mol. The molecule has 8 nitrogen and oxygen atoms in total. The summed E-state index contributed by atoms with van der Waals surface area (Å²) in [4.78, 5) is 25.6. The number of hydrogen-bond donors (Lipinski definition) is 3. The zero-order chi connectivity index (χ0) is 25.6. The Labute approximate surface area is 205 Å². The van der Waals surface area contributed by atoms with E-state index in [9.17, 15) is 18.0 Å². The molecule has 3 N–H and O–H groups in total. The highest BCUT2D eigenvalue weighted by Gasteiger charge is 2.25. The third kappa shape index (κ3) is 6.83. The molecule has 0 aliphatic rings. The average Bonchev–Trinajstić information content (AvgIpc) is 2.83. The summed E-state index contributed by atoms with van der Waals surface area (Å²) < 4.78 is 33.3. The van der Waals surface area contributed by atoms with Crippen LogP contribution in [0.25, 0.3) is 0 Å². The van der Waals surface area contributed by atoms with Crippen LogP contribution in [0.15, 0.2) is 77.7 Å². The Balaban J connectivity index is 1.73. The van der Waals surface area contributed by atoms with Gasteiger partial charge in [0.25, 0.3) is 15.9 Å². The second kappa shape index (κ2) is 11.1. The van der Waals surface area contributed by atoms with Gasteiger partial charge in [-0.05, 0) is 67.4 Å². The molecule has 0 spiro atoms. The van der Waals surface area contributed by atoms with Crippen molar-refractivity contribution in [1.29, 1.82) is 0 Å². The van der Waals surface area contributed by atoms with Gasteiger partial charge in [0.2, 0.25) is 5.91 Å². The average molecular weight is 496 g/mol. The number of carbonyl (C=O) groups is 2. The first-order chi connectivity index (χ1) is 16.6. The number of amides is 2. The van der Waals surface area contributed by atoms with E-state index < -0.39 is 22.0 Å². The minimum Gasteiger partial charge on any atom is -0.497 e. The Morgan fingerprint density at radius 3 is 2.14 bits per heavy atom. The lowest BCUT2D eigenvalue weighted by Gasteiger charge is -2.22. The van der Waals surface area contributed by atoms with Crippen molar-refractivity contribution in [2.24, 2.45) is 5.92 Å². The van der Waals surface area contributed by atoms with E-state index in [2.05, 4.69) is 15.4 Å². The Hall–Kier alpha value is -3.85. The number of methoxy groups -OCH3 is 1. The number of nitrogens with one attached hydrogen (secondary N) is 3. The topological polar surface area (TPSA) is 114 Å². The van der Waals surface area contributed by atoms with Crippen LogP contribution in [0.5, 0.6) is 5.75 Å². The van der Waals surface area contributed by atoms with Gasteiger partial charge in [0.1, 0.15) is 11.8 Å². The van der Waals surface area contributed by atoms with Gasteiger partial charge in [-0.3, -0.25) is 14.3 Å². The van der Waals surface area contributed by atoms with E-state index in [0.29, 0.717) is 22.7 Å². The lowest BCUT2D eigenvalue weighted by atomic mass is 10.0. The monoisotopic (exact) mass is 495 g/mol. The Kier molecular flexibility index (Phi) is 8.14. The van der Waals surface area contributed by atoms with Crippen molar-refractivity contribution in [2.75, 3.05) is 17.1 Å². The van der Waals surface area contributed by atoms with Gasteiger partial charge in [0, 0.05) is 16.9 Å². The molecule has 0 radical (unpaired) electrons. The fraction of sp³-hybridized carbons (Fsp3) is 0.231. The summed E-state index contributed by atoms with van der Waals surface area (Å²) in [6.07, 6.45) is 0. The molecule has 0 aliphatic carbocycles. The van der Waals surface area contributed by atoms with Crippen LogP contribution in [0.2, 0.25) is 0 Å². The normalized spacial score (nSPS) is 12.0. The quantitative estimate of drug-likeness (QED) is 0.412. The summed E-state index contributed by atoms with van der Waals surface area (Å²) in [6.45, 7) is 5.56. The highest BCUT2D eigenvalue weighted by atomic mass is 32.2. The number of benzene rings is 3. The van der Waals surface area contributed by atoms with Crippen molar-refractivity contribution in [3.63, 3.8) is 0 Å². The molecule has 3 aromatic carbocycles. The third-order valence-corrected chi connectivity index (χ3v) is 6.68. The molecule has 2 amide bonds. The van der Waals surface area contributed by atoms with Crippen molar-refractivity contribution in [1.82, 2.24) is 5.32 Å². The number of aryl methyl sites for hydroxylation is 1. The van der Waals surface area contributed by atoms with Crippen molar-refractivity contribution in [3.05, 3.63) is 83.9 Å². The van der Waals surface area contributed by atoms with E-state index in [1.165, 1.54) is 25.3 Å². The molecular formula is C26H29N3O5S. The van der Waals surface area contributed by atoms with E-state index in [0.717, 1.165) is 5.56 Å². The van der Waals surface area contributed by atoms with Gasteiger partial charge >= 0.3 is 0 Å². The fourth-order valence-electron chi connectivity index (χ4n) is 3.30. The van der Waals surface area contributed by atoms with Gasteiger partial charge in [0.15, 0.2) is 0 Å². The number of carbonyl (C=O) groups excluding carboxylic acids is 2. The third-order valence-electron chi connectivity index (χ3n) is 5.30. The first kappa shape index (κ1) is 25.8. The van der Waals surface area contributed by atoms with Crippen molar-refractivity contribution >= 4 is 33.2 Å². The van der Waals surface area contributed by atoms with Crippen LogP contribution in [-0.2, 0) is 14.8 Å². The first-order valence-electron chi connectivity index (χ1n) is 11.0. The summed E-state index contributed by atoms with van der Waals surface area (Å²) >= 11 is 0. The summed E-state index contributed by atoms with van der Waals surface area (Å²) in [7, 11) is -2.37. The summed E-state index contributed by atoms with van der Waals surface area (Å²) in [6, 6.07) is 18.6. The standard InChI is InChI=1S/C26H29N3O5S/c1-17(2)24(28-25(30)19-10-8-18(3)9-11-19)26(31)27-21-6-5-7-23(16-21)35(32,33)29-20-12-14-22(34-4)15-13-20/h5-17,24,29H,1-4H3,(H,27,31)(H,28,30). The molecule has 0 saturated heterocycles. The van der Waals surface area contributed by atoms with Crippen molar-refractivity contribution in [3.8, 4) is 5.75 Å². The molecule has 0 fully saturated rings. The van der Waals surface area contributed by atoms with Crippen LogP contribution in [-0.4, -0.2) is 33.4 Å². The van der Waals surface area contributed by atoms with E-state index in [1.807, 2.05) is 32.9 Å². The molecule has 0 heterocycles. The van der Waals surface area contributed by atoms with Gasteiger partial charge in [-0.2, -0.15) is 0 Å². The molecule has 0 aliphatic heterocycles. The minimum absolute atomic E-state index is 0.0177. The van der Waals surface area contributed by atoms with Crippen LogP contribution >= 0.6 is 0 Å². The summed E-state index contributed by atoms with van der Waals surface area (Å²) in [5.74, 6) is -0.406. The molecule has 0 saturated carbocycles. The highest BCUT2D eigenvalue weighted by Crippen LogP contribution is 2.22. The molecule has 1 unspecified atom stereocenters. The van der Waals surface area contributed by atoms with Crippen molar-refractivity contribution < 1.29 is 22.7 Å². The molecule has 0 bridgehead atoms. The lowest BCUT2D eigenvalue weighted by Crippen LogP contribution is -2.47. The number of anilines is 2. The van der Waals surface area contributed by atoms with Crippen LogP contribution in [0.4, 0.5) is 11.4 Å². The molecule has 3 aromatic rings. The van der Waals surface area contributed by atoms with Crippen LogP contribution in [0.1, 0.15) is 29.8 Å². The van der Waals surface area contributed by atoms with Crippen LogP contribution in [0, 0.1) is 12.8 Å². The molecule has 9 heteroatoms. The van der Waals surface area contributed by atoms with E-state index in [1.54, 1.807) is 42.5 Å². The van der Waals surface area contributed by atoms with Gasteiger partial charge in [-0.25, -0.2) is 8.42 Å². The largest absolute Gasteiger partial charge is 0.497 e. The Morgan fingerprint density at radius 2 is 1.54 bits per heavy atom. The maximum Gasteiger partial charge on any atom is 0.261 e. The second-order valence-electron chi connectivity index (χ2n) is 8.41. The number of sulfonamides is 1. The zero-order valence-corrected chi connectivity index (χ0v) is 20.8. The predicted molar refractivity (Wildman–Crippen MR) is 136 cm³/mol. The van der Waals surface area contributed by atoms with E-state index in [4.69, 9.17) is 4.74 Å². The van der Waals surface area contributed by atoms with Crippen molar-refractivity contribution in [2.45, 2.75) is 31.7 Å². The zero-order valence-electron chi connectivity index (χ0n) is 20.0. The van der Waals surface area contributed by atoms with Gasteiger partial charge < -0.3 is 15.4 Å². The predicted octanol–water partition coefficient (Wildman–Crippen LogP) is 4.20. The van der Waals surface area contributed by atoms with Gasteiger partial charge in [-0.15, -0.1) is 0 Å². The minimum atomic E-state index is -3.90. The summed E-state index contributed by atoms with van der Waals surface area (Å²) in [5.41, 5.74) is 2.14. The molecule has 1 atom stereocenters. The first-order valence-corrected chi connectivity index (χ1v) is 12.5. The maximum atomic E-state index is 13.0. The second-order valence-corrected chi connectivity index (χ2v) is 10.1. The molecule has 3 rings (SSSR count). The number of hydrogen-bond acceptors (Lipinski definition) is 5. The highest BCUT2D eigenvalue weighted by molar-refractivity contribution is 7.92. The summed E-state index contributed by atoms with van der Waals surface area (Å²) in [5, 5.41) is 5.49. The van der Waals surface area contributed by atoms with E-state index >= 15 is 0 Å².